The van der Waals surface area contributed by atoms with Crippen LogP contribution in [0, 0.1) is 0 Å². The molecule has 18 heavy (non-hydrogen) atoms. The van der Waals surface area contributed by atoms with Crippen LogP contribution in [-0.4, -0.2) is 0 Å². The van der Waals surface area contributed by atoms with E-state index in [4.69, 9.17) is 28.9 Å². The van der Waals surface area contributed by atoms with E-state index in [1.54, 1.807) is 11.3 Å². The van der Waals surface area contributed by atoms with E-state index in [0.29, 0.717) is 22.3 Å². The molecule has 0 amide bonds. The topological polar surface area (TPSA) is 38.0 Å². The van der Waals surface area contributed by atoms with Crippen molar-refractivity contribution in [2.24, 2.45) is 0 Å². The Morgan fingerprint density at radius 2 is 1.83 bits per heavy atom. The average Bonchev–Trinajstić information content (AvgIpc) is 2.72. The van der Waals surface area contributed by atoms with Gasteiger partial charge >= 0.3 is 0 Å². The van der Waals surface area contributed by atoms with Crippen molar-refractivity contribution < 1.29 is 0 Å². The molecule has 1 aromatic carbocycles. The minimum atomic E-state index is 0.435. The minimum absolute atomic E-state index is 0.435. The number of rotatable bonds is 4. The highest BCUT2D eigenvalue weighted by atomic mass is 79.9. The number of nitrogen functional groups attached to an aromatic ring is 1. The molecule has 0 bridgehead atoms. The number of nitrogens with one attached hydrogen (secondary N) is 1. The quantitative estimate of drug-likeness (QED) is 0.771. The number of hydrogen-bond donors (Lipinski definition) is 2. The molecular formula is C12H11BrCl2N2S. The number of nitrogens with two attached hydrogens (primary N) is 1. The summed E-state index contributed by atoms with van der Waals surface area (Å²) in [6.07, 6.45) is 0. The molecule has 6 heteroatoms. The molecule has 0 atom stereocenters. The summed E-state index contributed by atoms with van der Waals surface area (Å²) in [6, 6.07) is 5.76. The average molecular weight is 366 g/mol. The van der Waals surface area contributed by atoms with Gasteiger partial charge in [-0.2, -0.15) is 0 Å². The second kappa shape index (κ2) is 6.26. The maximum Gasteiger partial charge on any atom is 0.0693 e. The van der Waals surface area contributed by atoms with Gasteiger partial charge in [-0.05, 0) is 39.7 Å². The first-order valence-corrected chi connectivity index (χ1v) is 7.66. The predicted molar refractivity (Wildman–Crippen MR) is 83.4 cm³/mol. The lowest BCUT2D eigenvalue weighted by molar-refractivity contribution is 0.701. The molecule has 96 valence electrons. The number of hydrogen-bond acceptors (Lipinski definition) is 3. The van der Waals surface area contributed by atoms with Gasteiger partial charge in [0.2, 0.25) is 0 Å². The molecule has 0 aliphatic carbocycles. The lowest BCUT2D eigenvalue weighted by atomic mass is 10.2. The minimum Gasteiger partial charge on any atom is -0.396 e. The first-order valence-electron chi connectivity index (χ1n) is 5.23. The highest BCUT2D eigenvalue weighted by Crippen LogP contribution is 2.28. The van der Waals surface area contributed by atoms with Crippen LogP contribution in [0.25, 0.3) is 0 Å². The highest BCUT2D eigenvalue weighted by Gasteiger charge is 2.05. The molecule has 2 aromatic rings. The van der Waals surface area contributed by atoms with E-state index >= 15 is 0 Å². The summed E-state index contributed by atoms with van der Waals surface area (Å²) < 4.78 is 1.11. The van der Waals surface area contributed by atoms with Crippen LogP contribution in [0.4, 0.5) is 5.69 Å². The van der Waals surface area contributed by atoms with Gasteiger partial charge in [0.1, 0.15) is 0 Å². The summed E-state index contributed by atoms with van der Waals surface area (Å²) in [5, 5.41) is 6.40. The molecule has 0 radical (unpaired) electrons. The fourth-order valence-electron chi connectivity index (χ4n) is 1.52. The highest BCUT2D eigenvalue weighted by molar-refractivity contribution is 9.10. The molecule has 2 nitrogen and oxygen atoms in total. The molecule has 0 unspecified atom stereocenters. The SMILES string of the molecule is Nc1c(Cl)cc(CNCc2cc(Br)cs2)cc1Cl. The maximum absolute atomic E-state index is 5.98. The van der Waals surface area contributed by atoms with Crippen molar-refractivity contribution >= 4 is 56.2 Å². The van der Waals surface area contributed by atoms with Gasteiger partial charge in [-0.25, -0.2) is 0 Å². The summed E-state index contributed by atoms with van der Waals surface area (Å²) >= 11 is 17.1. The van der Waals surface area contributed by atoms with E-state index < -0.39 is 0 Å². The molecule has 2 rings (SSSR count). The van der Waals surface area contributed by atoms with Crippen LogP contribution < -0.4 is 11.1 Å². The fourth-order valence-corrected chi connectivity index (χ4v) is 3.47. The van der Waals surface area contributed by atoms with Gasteiger partial charge < -0.3 is 11.1 Å². The number of anilines is 1. The molecule has 0 spiro atoms. The summed E-state index contributed by atoms with van der Waals surface area (Å²) in [5.41, 5.74) is 7.14. The number of halogens is 3. The molecule has 0 fully saturated rings. The summed E-state index contributed by atoms with van der Waals surface area (Å²) in [7, 11) is 0. The second-order valence-electron chi connectivity index (χ2n) is 3.81. The molecule has 0 aliphatic heterocycles. The van der Waals surface area contributed by atoms with Crippen molar-refractivity contribution in [2.75, 3.05) is 5.73 Å². The molecular weight excluding hydrogens is 355 g/mol. The molecule has 3 N–H and O–H groups in total. The van der Waals surface area contributed by atoms with Gasteiger partial charge in [-0.15, -0.1) is 11.3 Å². The van der Waals surface area contributed by atoms with Gasteiger partial charge in [0.15, 0.2) is 0 Å². The molecule has 0 aliphatic rings. The molecule has 0 saturated carbocycles. The second-order valence-corrected chi connectivity index (χ2v) is 6.53. The van der Waals surface area contributed by atoms with Gasteiger partial charge in [0.25, 0.3) is 0 Å². The van der Waals surface area contributed by atoms with Gasteiger partial charge in [0.05, 0.1) is 15.7 Å². The van der Waals surface area contributed by atoms with Crippen LogP contribution >= 0.6 is 50.5 Å². The van der Waals surface area contributed by atoms with Crippen LogP contribution in [0.5, 0.6) is 0 Å². The van der Waals surface area contributed by atoms with Gasteiger partial charge in [-0.3, -0.25) is 0 Å². The van der Waals surface area contributed by atoms with E-state index in [1.165, 1.54) is 4.88 Å². The zero-order valence-corrected chi connectivity index (χ0v) is 13.3. The Kier molecular flexibility index (Phi) is 4.92. The molecule has 1 aromatic heterocycles. The Balaban J connectivity index is 1.94. The summed E-state index contributed by atoms with van der Waals surface area (Å²) in [5.74, 6) is 0. The van der Waals surface area contributed by atoms with E-state index in [2.05, 4.69) is 32.7 Å². The van der Waals surface area contributed by atoms with Crippen molar-refractivity contribution in [3.05, 3.63) is 48.5 Å². The van der Waals surface area contributed by atoms with Crippen LogP contribution in [-0.2, 0) is 13.1 Å². The summed E-state index contributed by atoms with van der Waals surface area (Å²) in [6.45, 7) is 1.52. The Morgan fingerprint density at radius 1 is 1.17 bits per heavy atom. The number of thiophene rings is 1. The fraction of sp³-hybridized carbons (Fsp3) is 0.167. The third-order valence-corrected chi connectivity index (χ3v) is 4.71. The van der Waals surface area contributed by atoms with E-state index in [9.17, 15) is 0 Å². The normalized spacial score (nSPS) is 10.8. The Hall–Kier alpha value is -0.260. The van der Waals surface area contributed by atoms with Crippen LogP contribution in [0.1, 0.15) is 10.4 Å². The zero-order chi connectivity index (χ0) is 13.1. The lowest BCUT2D eigenvalue weighted by Gasteiger charge is -2.07. The lowest BCUT2D eigenvalue weighted by Crippen LogP contribution is -2.11. The monoisotopic (exact) mass is 364 g/mol. The summed E-state index contributed by atoms with van der Waals surface area (Å²) in [4.78, 5) is 1.27. The zero-order valence-electron chi connectivity index (χ0n) is 9.34. The first-order chi connectivity index (χ1) is 8.56. The Morgan fingerprint density at radius 3 is 2.39 bits per heavy atom. The largest absolute Gasteiger partial charge is 0.396 e. The third kappa shape index (κ3) is 3.62. The van der Waals surface area contributed by atoms with Crippen molar-refractivity contribution in [1.29, 1.82) is 0 Å². The van der Waals surface area contributed by atoms with E-state index in [1.807, 2.05) is 12.1 Å². The smallest absolute Gasteiger partial charge is 0.0693 e. The third-order valence-electron chi connectivity index (χ3n) is 2.39. The van der Waals surface area contributed by atoms with Gasteiger partial charge in [0, 0.05) is 27.8 Å². The van der Waals surface area contributed by atoms with Crippen molar-refractivity contribution in [1.82, 2.24) is 5.32 Å². The van der Waals surface area contributed by atoms with Gasteiger partial charge in [-0.1, -0.05) is 23.2 Å². The standard InChI is InChI=1S/C12H11BrCl2N2S/c13-8-3-9(18-6-8)5-17-4-7-1-10(14)12(16)11(15)2-7/h1-3,6,17H,4-5,16H2. The van der Waals surface area contributed by atoms with Crippen molar-refractivity contribution in [2.45, 2.75) is 13.1 Å². The van der Waals surface area contributed by atoms with Crippen LogP contribution in [0.2, 0.25) is 10.0 Å². The van der Waals surface area contributed by atoms with E-state index in [-0.39, 0.29) is 0 Å². The van der Waals surface area contributed by atoms with Crippen LogP contribution in [0.15, 0.2) is 28.1 Å². The van der Waals surface area contributed by atoms with Crippen LogP contribution in [0.3, 0.4) is 0 Å². The maximum atomic E-state index is 5.98. The first kappa shape index (κ1) is 14.2. The molecule has 1 heterocycles. The Bertz CT molecular complexity index is 534. The van der Waals surface area contributed by atoms with E-state index in [0.717, 1.165) is 16.6 Å². The van der Waals surface area contributed by atoms with Crippen molar-refractivity contribution in [3.63, 3.8) is 0 Å². The van der Waals surface area contributed by atoms with Crippen molar-refractivity contribution in [3.8, 4) is 0 Å². The number of benzene rings is 1. The Labute approximate surface area is 128 Å². The molecule has 0 saturated heterocycles. The predicted octanol–water partition coefficient (Wildman–Crippen LogP) is 4.69.